The molecule has 11 aromatic rings. The minimum atomic E-state index is -4.42. The van der Waals surface area contributed by atoms with Gasteiger partial charge in [0.15, 0.2) is 0 Å². The summed E-state index contributed by atoms with van der Waals surface area (Å²) in [6.45, 7) is 11.0. The predicted octanol–water partition coefficient (Wildman–Crippen LogP) is 23.5. The molecule has 0 saturated carbocycles. The van der Waals surface area contributed by atoms with Crippen LogP contribution >= 0.6 is 7.60 Å². The van der Waals surface area contributed by atoms with Crippen molar-refractivity contribution in [2.45, 2.75) is 187 Å². The molecule has 5 aliphatic rings. The summed E-state index contributed by atoms with van der Waals surface area (Å²) >= 11 is 0. The molecule has 0 N–H and O–H groups in total. The molecule has 8 bridgehead atoms. The molecule has 16 rings (SSSR count). The summed E-state index contributed by atoms with van der Waals surface area (Å²) in [5.41, 5.74) is 12.0. The van der Waals surface area contributed by atoms with Gasteiger partial charge in [-0.1, -0.05) is 185 Å². The summed E-state index contributed by atoms with van der Waals surface area (Å²) in [6, 6.07) is 48.2. The van der Waals surface area contributed by atoms with Gasteiger partial charge in [-0.3, -0.25) is 0 Å². The third-order valence-corrected chi connectivity index (χ3v) is 22.3. The van der Waals surface area contributed by atoms with Crippen LogP contribution in [0.1, 0.15) is 230 Å². The molecule has 2 atom stereocenters. The van der Waals surface area contributed by atoms with E-state index in [9.17, 15) is 0 Å². The van der Waals surface area contributed by atoms with Crippen LogP contribution in [0.15, 0.2) is 146 Å². The van der Waals surface area contributed by atoms with E-state index >= 15 is 4.57 Å². The van der Waals surface area contributed by atoms with Gasteiger partial charge in [0.1, 0.15) is 46.0 Å². The maximum absolute atomic E-state index is 16.9. The molecule has 0 spiro atoms. The maximum Gasteiger partial charge on any atom is 0.462 e. The molecule has 15 nitrogen and oxygen atoms in total. The van der Waals surface area contributed by atoms with E-state index in [1.54, 1.807) is 0 Å². The molecule has 1 aliphatic carbocycles. The van der Waals surface area contributed by atoms with Crippen molar-refractivity contribution in [1.29, 1.82) is 0 Å². The standard InChI is InChI=1S/C83H83N6O9P/c1-6-10-14-18-28-52-56-42-58-53(29-19-15-11-7-2)60-44-62-55(31-21-17-13-9-4)63-45-61-54(30-20-16-12-8-3)59-43-57(52)71-47-73(59)94-81-83(89-69-37-27-25-35-67(69)87-81)96-75(61)49-77(63)98-99(90,51-40-38-50(5)39-41-51)97-76(62)48-74(60)95-82-80(86-66-34-24-26-36-68(66)88-82)93-72(58)46-70(56)91-78-79(92-71)85-65-33-23-22-32-64(65)84-78/h22-27,32-49,52-55H,6-21,28-31H2,1-5H3. The van der Waals surface area contributed by atoms with Crippen LogP contribution in [-0.4, -0.2) is 29.9 Å². The second-order valence-corrected chi connectivity index (χ2v) is 29.3. The minimum absolute atomic E-state index is 0.153. The predicted molar refractivity (Wildman–Crippen MR) is 387 cm³/mol. The van der Waals surface area contributed by atoms with Gasteiger partial charge in [0.2, 0.25) is 0 Å². The highest BCUT2D eigenvalue weighted by Crippen LogP contribution is 2.62. The second-order valence-electron chi connectivity index (χ2n) is 27.4. The van der Waals surface area contributed by atoms with Crippen molar-refractivity contribution in [2.75, 3.05) is 0 Å². The summed E-state index contributed by atoms with van der Waals surface area (Å²) in [5, 5.41) is 0.387. The third-order valence-electron chi connectivity index (χ3n) is 20.5. The number of nitrogens with zero attached hydrogens (tertiary/aromatic N) is 6. The van der Waals surface area contributed by atoms with Crippen LogP contribution in [-0.2, 0) is 4.57 Å². The molecular weight excluding hydrogens is 1260 g/mol. The Kier molecular flexibility index (Phi) is 17.9. The average Bonchev–Trinajstić information content (AvgIpc) is 1.72. The van der Waals surface area contributed by atoms with Gasteiger partial charge in [0.25, 0.3) is 35.3 Å². The number of unbranched alkanes of at least 4 members (excludes halogenated alkanes) is 12. The molecule has 2 unspecified atom stereocenters. The first kappa shape index (κ1) is 64.1. The van der Waals surface area contributed by atoms with Crippen LogP contribution in [0, 0.1) is 6.92 Å². The fourth-order valence-corrected chi connectivity index (χ4v) is 16.9. The Bertz CT molecular complexity index is 4680. The Morgan fingerprint density at radius 1 is 0.293 bits per heavy atom. The van der Waals surface area contributed by atoms with E-state index in [0.29, 0.717) is 104 Å². The molecule has 0 amide bonds. The number of benzene rings is 8. The van der Waals surface area contributed by atoms with Crippen molar-refractivity contribution in [3.63, 3.8) is 0 Å². The monoisotopic (exact) mass is 1340 g/mol. The van der Waals surface area contributed by atoms with Crippen LogP contribution in [0.3, 0.4) is 0 Å². The van der Waals surface area contributed by atoms with E-state index in [4.69, 9.17) is 67.4 Å². The van der Waals surface area contributed by atoms with E-state index in [1.165, 1.54) is 0 Å². The van der Waals surface area contributed by atoms with E-state index in [-0.39, 0.29) is 59.0 Å². The molecule has 0 radical (unpaired) electrons. The summed E-state index contributed by atoms with van der Waals surface area (Å²) in [7, 11) is -4.42. The van der Waals surface area contributed by atoms with Gasteiger partial charge in [-0.2, -0.15) is 0 Å². The molecule has 4 aliphatic heterocycles. The van der Waals surface area contributed by atoms with Crippen molar-refractivity contribution in [3.8, 4) is 81.3 Å². The van der Waals surface area contributed by atoms with Gasteiger partial charge in [-0.15, -0.1) is 0 Å². The second kappa shape index (κ2) is 27.6. The fourth-order valence-electron chi connectivity index (χ4n) is 15.3. The maximum atomic E-state index is 16.9. The van der Waals surface area contributed by atoms with Crippen LogP contribution in [0.4, 0.5) is 0 Å². The Hall–Kier alpha value is -9.59. The zero-order valence-electron chi connectivity index (χ0n) is 57.1. The van der Waals surface area contributed by atoms with Gasteiger partial charge in [0.05, 0.1) is 38.4 Å². The van der Waals surface area contributed by atoms with Crippen LogP contribution in [0.5, 0.6) is 81.3 Å². The highest BCUT2D eigenvalue weighted by molar-refractivity contribution is 7.63. The Morgan fingerprint density at radius 2 is 0.525 bits per heavy atom. The van der Waals surface area contributed by atoms with E-state index in [2.05, 4.69) is 52.0 Å². The van der Waals surface area contributed by atoms with Gasteiger partial charge in [-0.25, -0.2) is 34.5 Å². The molecule has 7 heterocycles. The lowest BCUT2D eigenvalue weighted by Gasteiger charge is -2.33. The summed E-state index contributed by atoms with van der Waals surface area (Å²) < 4.78 is 76.2. The number of aryl methyl sites for hydroxylation is 1. The first-order valence-corrected chi connectivity index (χ1v) is 37.8. The lowest BCUT2D eigenvalue weighted by molar-refractivity contribution is 0.375. The molecular formula is C83H83N6O9P. The zero-order chi connectivity index (χ0) is 67.1. The number of para-hydroxylation sites is 6. The van der Waals surface area contributed by atoms with Crippen molar-refractivity contribution in [3.05, 3.63) is 196 Å². The van der Waals surface area contributed by atoms with Crippen molar-refractivity contribution in [2.24, 2.45) is 0 Å². The molecule has 3 aromatic heterocycles. The Morgan fingerprint density at radius 3 is 0.768 bits per heavy atom. The van der Waals surface area contributed by atoms with Gasteiger partial charge in [-0.05, 0) is 105 Å². The summed E-state index contributed by atoms with van der Waals surface area (Å²) in [5.74, 6) is 3.35. The topological polar surface area (TPSA) is 168 Å². The molecule has 504 valence electrons. The zero-order valence-corrected chi connectivity index (χ0v) is 58.0. The number of rotatable bonds is 21. The summed E-state index contributed by atoms with van der Waals surface area (Å²) in [4.78, 5) is 31.5. The number of hydrogen-bond donors (Lipinski definition) is 0. The van der Waals surface area contributed by atoms with Crippen molar-refractivity contribution < 1.29 is 42.0 Å². The minimum Gasteiger partial charge on any atom is -0.434 e. The lowest BCUT2D eigenvalue weighted by atomic mass is 9.76. The van der Waals surface area contributed by atoms with E-state index in [1.807, 2.05) is 128 Å². The third kappa shape index (κ3) is 12.5. The normalized spacial score (nSPS) is 18.1. The molecule has 16 heteroatoms. The quantitative estimate of drug-likeness (QED) is 0.0492. The molecule has 99 heavy (non-hydrogen) atoms. The lowest BCUT2D eigenvalue weighted by Crippen LogP contribution is -2.20. The molecule has 0 saturated heterocycles. The largest absolute Gasteiger partial charge is 0.462 e. The molecule has 8 aromatic carbocycles. The first-order valence-electron chi connectivity index (χ1n) is 36.3. The number of hydrogen-bond acceptors (Lipinski definition) is 15. The fraction of sp³-hybridized carbons (Fsp3) is 0.349. The van der Waals surface area contributed by atoms with E-state index in [0.717, 1.165) is 159 Å². The van der Waals surface area contributed by atoms with Crippen molar-refractivity contribution >= 4 is 46.0 Å². The van der Waals surface area contributed by atoms with Gasteiger partial charge < -0.3 is 37.5 Å². The smallest absolute Gasteiger partial charge is 0.434 e. The summed E-state index contributed by atoms with van der Waals surface area (Å²) in [6.07, 6.45) is 18.9. The Balaban J connectivity index is 1.08. The molecule has 0 fully saturated rings. The highest BCUT2D eigenvalue weighted by Gasteiger charge is 2.43. The number of ether oxygens (including phenoxy) is 6. The van der Waals surface area contributed by atoms with E-state index < -0.39 is 7.60 Å². The van der Waals surface area contributed by atoms with Crippen LogP contribution in [0.2, 0.25) is 0 Å². The average molecular weight is 1340 g/mol. The van der Waals surface area contributed by atoms with Gasteiger partial charge >= 0.3 is 7.60 Å². The highest BCUT2D eigenvalue weighted by atomic mass is 31.2. The first-order chi connectivity index (χ1) is 48.6. The number of aromatic nitrogens is 6. The SMILES string of the molecule is CCCCCCC1c2cc3c4cc2Oc2nc5ccccc5nc2Oc2cc5c(cc21)C(CCCCCC)c1cc2c(cc1Oc1nc6ccccc6nc1O5)OP(=O)(c1ccc(C)cc1)Oc1cc(c(cc1C2CCCCCC)C3CCCCCC)Oc1nc2ccccc2nc1O4. The van der Waals surface area contributed by atoms with Crippen LogP contribution in [0.25, 0.3) is 33.1 Å². The van der Waals surface area contributed by atoms with Gasteiger partial charge in [0, 0.05) is 92.4 Å². The van der Waals surface area contributed by atoms with Crippen molar-refractivity contribution in [1.82, 2.24) is 29.9 Å². The Labute approximate surface area is 578 Å². The van der Waals surface area contributed by atoms with Crippen LogP contribution < -0.4 is 42.8 Å². The number of fused-ring (bicyclic) bond motifs is 6.